The topological polar surface area (TPSA) is 123 Å². The lowest BCUT2D eigenvalue weighted by molar-refractivity contribution is -0.130. The van der Waals surface area contributed by atoms with Gasteiger partial charge in [0.1, 0.15) is 5.54 Å². The standard InChI is InChI=1S/C32H29N5O4/c1-3-18-8-13-25-23(14-18)32(31(41)35-25)28-27(26(36-32)15-19-16-33-24-7-5-4-6-22(19)24)29(39)37(30(28)40)21-11-9-20(10-12-21)34-17(2)38/h4-14,16,26-28,33,36H,3,15H2,1-2H3,(H,34,38)(H,35,41)/t26-,27+,28+,32+/m0/s1. The Balaban J connectivity index is 1.34. The summed E-state index contributed by atoms with van der Waals surface area (Å²) in [5.41, 5.74) is 4.00. The van der Waals surface area contributed by atoms with Crippen molar-refractivity contribution in [3.63, 3.8) is 0 Å². The number of carbonyl (C=O) groups is 4. The van der Waals surface area contributed by atoms with Crippen LogP contribution in [0.2, 0.25) is 0 Å². The lowest BCUT2D eigenvalue weighted by Crippen LogP contribution is -2.53. The second kappa shape index (κ2) is 9.14. The molecule has 0 unspecified atom stereocenters. The van der Waals surface area contributed by atoms with Gasteiger partial charge in [-0.3, -0.25) is 24.5 Å². The number of nitrogens with one attached hydrogen (secondary N) is 4. The number of aromatic amines is 1. The van der Waals surface area contributed by atoms with Crippen molar-refractivity contribution >= 4 is 51.6 Å². The van der Waals surface area contributed by atoms with E-state index in [1.165, 1.54) is 11.8 Å². The second-order valence-corrected chi connectivity index (χ2v) is 11.1. The van der Waals surface area contributed by atoms with Crippen LogP contribution in [0.5, 0.6) is 0 Å². The third-order valence-electron chi connectivity index (χ3n) is 8.75. The van der Waals surface area contributed by atoms with Gasteiger partial charge in [-0.1, -0.05) is 37.3 Å². The van der Waals surface area contributed by atoms with Crippen LogP contribution in [0.15, 0.2) is 72.9 Å². The molecule has 0 saturated carbocycles. The molecule has 7 rings (SSSR count). The summed E-state index contributed by atoms with van der Waals surface area (Å²) in [5.74, 6) is -2.96. The van der Waals surface area contributed by atoms with Crippen molar-refractivity contribution < 1.29 is 19.2 Å². The third-order valence-corrected chi connectivity index (χ3v) is 8.75. The summed E-state index contributed by atoms with van der Waals surface area (Å²) >= 11 is 0. The van der Waals surface area contributed by atoms with E-state index in [9.17, 15) is 19.2 Å². The van der Waals surface area contributed by atoms with Crippen molar-refractivity contribution in [3.8, 4) is 0 Å². The minimum Gasteiger partial charge on any atom is -0.361 e. The molecule has 1 spiro atoms. The van der Waals surface area contributed by atoms with Crippen LogP contribution in [-0.2, 0) is 37.6 Å². The van der Waals surface area contributed by atoms with Gasteiger partial charge < -0.3 is 15.6 Å². The van der Waals surface area contributed by atoms with Crippen LogP contribution >= 0.6 is 0 Å². The van der Waals surface area contributed by atoms with Crippen molar-refractivity contribution in [1.82, 2.24) is 10.3 Å². The Morgan fingerprint density at radius 2 is 1.78 bits per heavy atom. The molecule has 2 fully saturated rings. The van der Waals surface area contributed by atoms with Crippen molar-refractivity contribution in [1.29, 1.82) is 0 Å². The number of amides is 4. The summed E-state index contributed by atoms with van der Waals surface area (Å²) in [4.78, 5) is 58.4. The van der Waals surface area contributed by atoms with E-state index in [0.717, 1.165) is 28.5 Å². The second-order valence-electron chi connectivity index (χ2n) is 11.1. The molecule has 3 aliphatic rings. The lowest BCUT2D eigenvalue weighted by atomic mass is 9.76. The molecular weight excluding hydrogens is 518 g/mol. The largest absolute Gasteiger partial charge is 0.361 e. The maximum Gasteiger partial charge on any atom is 0.250 e. The van der Waals surface area contributed by atoms with Crippen LogP contribution in [0.1, 0.15) is 30.5 Å². The summed E-state index contributed by atoms with van der Waals surface area (Å²) in [6.45, 7) is 3.46. The van der Waals surface area contributed by atoms with Crippen molar-refractivity contribution in [2.45, 2.75) is 38.3 Å². The van der Waals surface area contributed by atoms with Gasteiger partial charge in [0.25, 0.3) is 0 Å². The smallest absolute Gasteiger partial charge is 0.250 e. The first kappa shape index (κ1) is 25.2. The maximum atomic E-state index is 14.3. The number of carbonyl (C=O) groups excluding carboxylic acids is 4. The van der Waals surface area contributed by atoms with Crippen molar-refractivity contribution in [2.75, 3.05) is 15.5 Å². The van der Waals surface area contributed by atoms with Crippen LogP contribution in [0.4, 0.5) is 17.1 Å². The Morgan fingerprint density at radius 3 is 2.54 bits per heavy atom. The molecule has 206 valence electrons. The van der Waals surface area contributed by atoms with Crippen LogP contribution in [-0.4, -0.2) is 34.7 Å². The van der Waals surface area contributed by atoms with E-state index in [4.69, 9.17) is 0 Å². The fourth-order valence-corrected chi connectivity index (χ4v) is 6.93. The van der Waals surface area contributed by atoms with E-state index in [-0.39, 0.29) is 17.7 Å². The molecule has 4 amide bonds. The van der Waals surface area contributed by atoms with E-state index in [0.29, 0.717) is 29.0 Å². The quantitative estimate of drug-likeness (QED) is 0.283. The predicted octanol–water partition coefficient (Wildman–Crippen LogP) is 3.86. The Labute approximate surface area is 236 Å². The molecule has 4 N–H and O–H groups in total. The highest BCUT2D eigenvalue weighted by Gasteiger charge is 2.70. The number of imide groups is 1. The van der Waals surface area contributed by atoms with Gasteiger partial charge in [0.15, 0.2) is 0 Å². The number of benzene rings is 3. The van der Waals surface area contributed by atoms with Crippen molar-refractivity contribution in [2.24, 2.45) is 11.8 Å². The molecule has 9 nitrogen and oxygen atoms in total. The van der Waals surface area contributed by atoms with Gasteiger partial charge in [0.2, 0.25) is 23.6 Å². The Hall–Kier alpha value is -4.76. The van der Waals surface area contributed by atoms with E-state index >= 15 is 0 Å². The average molecular weight is 548 g/mol. The van der Waals surface area contributed by atoms with E-state index in [2.05, 4.69) is 20.9 Å². The maximum absolute atomic E-state index is 14.3. The molecule has 4 heterocycles. The van der Waals surface area contributed by atoms with E-state index in [1.54, 1.807) is 24.3 Å². The van der Waals surface area contributed by atoms with Crippen LogP contribution < -0.4 is 20.9 Å². The van der Waals surface area contributed by atoms with Crippen molar-refractivity contribution in [3.05, 3.63) is 89.6 Å². The lowest BCUT2D eigenvalue weighted by Gasteiger charge is -2.30. The number of rotatable bonds is 5. The number of aryl methyl sites for hydroxylation is 1. The summed E-state index contributed by atoms with van der Waals surface area (Å²) in [6.07, 6.45) is 3.16. The first-order valence-corrected chi connectivity index (χ1v) is 13.8. The molecule has 3 aliphatic heterocycles. The number of para-hydroxylation sites is 1. The van der Waals surface area contributed by atoms with Crippen LogP contribution in [0.25, 0.3) is 10.9 Å². The molecule has 41 heavy (non-hydrogen) atoms. The summed E-state index contributed by atoms with van der Waals surface area (Å²) in [6, 6.07) is 19.9. The van der Waals surface area contributed by atoms with E-state index in [1.807, 2.05) is 55.6 Å². The fraction of sp³-hybridized carbons (Fsp3) is 0.250. The fourth-order valence-electron chi connectivity index (χ4n) is 6.93. The zero-order chi connectivity index (χ0) is 28.5. The minimum atomic E-state index is -1.38. The molecule has 2 saturated heterocycles. The Bertz CT molecular complexity index is 1760. The molecule has 0 bridgehead atoms. The highest BCUT2D eigenvalue weighted by atomic mass is 16.2. The molecular formula is C32H29N5O4. The molecule has 9 heteroatoms. The van der Waals surface area contributed by atoms with Crippen LogP contribution in [0, 0.1) is 11.8 Å². The normalized spacial score (nSPS) is 24.7. The number of anilines is 3. The number of H-pyrrole nitrogens is 1. The molecule has 4 atom stereocenters. The Morgan fingerprint density at radius 1 is 1.00 bits per heavy atom. The average Bonchev–Trinajstić information content (AvgIpc) is 3.67. The van der Waals surface area contributed by atoms with Gasteiger partial charge in [-0.05, 0) is 60.4 Å². The highest BCUT2D eigenvalue weighted by Crippen LogP contribution is 2.54. The van der Waals surface area contributed by atoms with Gasteiger partial charge in [0.05, 0.1) is 17.5 Å². The Kier molecular flexibility index (Phi) is 5.62. The van der Waals surface area contributed by atoms with Gasteiger partial charge >= 0.3 is 0 Å². The van der Waals surface area contributed by atoms with Gasteiger partial charge in [-0.2, -0.15) is 0 Å². The minimum absolute atomic E-state index is 0.217. The number of nitrogens with zero attached hydrogens (tertiary/aromatic N) is 1. The SMILES string of the molecule is CCc1ccc2c(c1)[C@]1(N[C@@H](Cc3c[nH]c4ccccc34)[C@H]3C(=O)N(c4ccc(NC(C)=O)cc4)C(=O)[C@@H]31)C(=O)N2. The highest BCUT2D eigenvalue weighted by molar-refractivity contribution is 6.26. The van der Waals surface area contributed by atoms with E-state index < -0.39 is 29.3 Å². The molecule has 0 radical (unpaired) electrons. The number of aromatic nitrogens is 1. The van der Waals surface area contributed by atoms with Gasteiger partial charge in [-0.15, -0.1) is 0 Å². The number of fused-ring (bicyclic) bond motifs is 5. The van der Waals surface area contributed by atoms with Gasteiger partial charge in [0, 0.05) is 47.0 Å². The summed E-state index contributed by atoms with van der Waals surface area (Å²) < 4.78 is 0. The first-order valence-electron chi connectivity index (χ1n) is 13.8. The molecule has 1 aromatic heterocycles. The van der Waals surface area contributed by atoms with Crippen LogP contribution in [0.3, 0.4) is 0 Å². The summed E-state index contributed by atoms with van der Waals surface area (Å²) in [7, 11) is 0. The number of hydrogen-bond acceptors (Lipinski definition) is 5. The zero-order valence-corrected chi connectivity index (χ0v) is 22.7. The van der Waals surface area contributed by atoms with Gasteiger partial charge in [-0.25, -0.2) is 4.90 Å². The first-order chi connectivity index (χ1) is 19.8. The zero-order valence-electron chi connectivity index (χ0n) is 22.7. The third kappa shape index (κ3) is 3.65. The molecule has 4 aromatic rings. The predicted molar refractivity (Wildman–Crippen MR) is 155 cm³/mol. The molecule has 0 aliphatic carbocycles. The monoisotopic (exact) mass is 547 g/mol. The number of hydrogen-bond donors (Lipinski definition) is 4. The molecule has 3 aromatic carbocycles. The summed E-state index contributed by atoms with van der Waals surface area (Å²) in [5, 5.41) is 10.3.